The smallest absolute Gasteiger partial charge is 0.394 e. The summed E-state index contributed by atoms with van der Waals surface area (Å²) >= 11 is 6.29. The van der Waals surface area contributed by atoms with Crippen LogP contribution in [0.3, 0.4) is 0 Å². The number of aliphatic imine (C=N–C) groups is 1. The molecule has 1 aliphatic rings. The number of ether oxygens (including phenoxy) is 1. The molecule has 2 aromatic rings. The van der Waals surface area contributed by atoms with E-state index in [9.17, 15) is 13.2 Å². The second kappa shape index (κ2) is 9.94. The molecule has 3 nitrogen and oxygen atoms in total. The first kappa shape index (κ1) is 25.1. The fourth-order valence-electron chi connectivity index (χ4n) is 2.71. The highest BCUT2D eigenvalue weighted by Gasteiger charge is 2.59. The molecule has 31 heavy (non-hydrogen) atoms. The van der Waals surface area contributed by atoms with Crippen LogP contribution in [0.5, 0.6) is 11.5 Å². The Morgan fingerprint density at radius 3 is 2.32 bits per heavy atom. The van der Waals surface area contributed by atoms with Gasteiger partial charge in [-0.05, 0) is 73.6 Å². The zero-order valence-corrected chi connectivity index (χ0v) is 19.4. The van der Waals surface area contributed by atoms with Gasteiger partial charge < -0.3 is 10.5 Å². The molecule has 170 valence electrons. The third-order valence-corrected chi connectivity index (χ3v) is 5.39. The first-order valence-electron chi connectivity index (χ1n) is 10.3. The molecule has 1 fully saturated rings. The van der Waals surface area contributed by atoms with Crippen molar-refractivity contribution in [1.82, 2.24) is 0 Å². The van der Waals surface area contributed by atoms with Crippen LogP contribution in [0.4, 0.5) is 24.5 Å². The number of hydrogen-bond acceptors (Lipinski definition) is 3. The minimum atomic E-state index is -3.95. The molecule has 0 saturated heterocycles. The van der Waals surface area contributed by atoms with Gasteiger partial charge in [-0.15, -0.1) is 0 Å². The van der Waals surface area contributed by atoms with Crippen LogP contribution in [-0.4, -0.2) is 12.4 Å². The van der Waals surface area contributed by atoms with Crippen molar-refractivity contribution < 1.29 is 17.9 Å². The number of nitrogen functional groups attached to an aromatic ring is 1. The van der Waals surface area contributed by atoms with E-state index in [2.05, 4.69) is 18.8 Å². The van der Waals surface area contributed by atoms with E-state index in [1.165, 1.54) is 6.92 Å². The summed E-state index contributed by atoms with van der Waals surface area (Å²) in [6.07, 6.45) is -0.579. The predicted molar refractivity (Wildman–Crippen MR) is 123 cm³/mol. The van der Waals surface area contributed by atoms with Gasteiger partial charge in [0.1, 0.15) is 11.5 Å². The van der Waals surface area contributed by atoms with Crippen molar-refractivity contribution in [3.05, 3.63) is 46.5 Å². The normalized spacial score (nSPS) is 15.0. The maximum absolute atomic E-state index is 11.6. The Labute approximate surface area is 187 Å². The number of aryl methyl sites for hydroxylation is 2. The van der Waals surface area contributed by atoms with E-state index < -0.39 is 11.6 Å². The van der Waals surface area contributed by atoms with Gasteiger partial charge in [-0.3, -0.25) is 4.99 Å². The van der Waals surface area contributed by atoms with Crippen molar-refractivity contribution >= 4 is 29.2 Å². The molecule has 0 bridgehead atoms. The average Bonchev–Trinajstić information content (AvgIpc) is 3.42. The molecule has 2 N–H and O–H groups in total. The van der Waals surface area contributed by atoms with E-state index >= 15 is 0 Å². The molecular weight excluding hydrogens is 425 g/mol. The Kier molecular flexibility index (Phi) is 8.04. The van der Waals surface area contributed by atoms with Crippen molar-refractivity contribution in [1.29, 1.82) is 0 Å². The SMILES string of the molecule is CC1(C(F)(F)F)CC1.CCc1cc(N)cc(Cl)c1Oc1ccc(N=CC(C)C)c(C)c1. The van der Waals surface area contributed by atoms with Crippen LogP contribution in [0.2, 0.25) is 5.02 Å². The third kappa shape index (κ3) is 6.89. The number of anilines is 1. The average molecular weight is 455 g/mol. The summed E-state index contributed by atoms with van der Waals surface area (Å²) in [5, 5.41) is 0.529. The van der Waals surface area contributed by atoms with Gasteiger partial charge in [-0.1, -0.05) is 39.3 Å². The van der Waals surface area contributed by atoms with E-state index in [1.54, 1.807) is 6.07 Å². The summed E-state index contributed by atoms with van der Waals surface area (Å²) in [6, 6.07) is 9.45. The van der Waals surface area contributed by atoms with Gasteiger partial charge in [0.05, 0.1) is 16.1 Å². The predicted octanol–water partition coefficient (Wildman–Crippen LogP) is 8.29. The van der Waals surface area contributed by atoms with E-state index in [4.69, 9.17) is 22.1 Å². The summed E-state index contributed by atoms with van der Waals surface area (Å²) < 4.78 is 40.9. The molecule has 1 aliphatic carbocycles. The van der Waals surface area contributed by atoms with E-state index in [-0.39, 0.29) is 0 Å². The summed E-state index contributed by atoms with van der Waals surface area (Å²) in [7, 11) is 0. The zero-order chi connectivity index (χ0) is 23.4. The van der Waals surface area contributed by atoms with E-state index in [0.29, 0.717) is 35.2 Å². The Balaban J connectivity index is 0.000000357. The monoisotopic (exact) mass is 454 g/mol. The van der Waals surface area contributed by atoms with Crippen molar-refractivity contribution in [3.8, 4) is 11.5 Å². The first-order valence-corrected chi connectivity index (χ1v) is 10.7. The van der Waals surface area contributed by atoms with Crippen molar-refractivity contribution in [2.45, 2.75) is 60.1 Å². The molecule has 2 aromatic carbocycles. The van der Waals surface area contributed by atoms with Crippen LogP contribution in [0.1, 0.15) is 51.7 Å². The molecule has 0 aliphatic heterocycles. The van der Waals surface area contributed by atoms with Gasteiger partial charge >= 0.3 is 6.18 Å². The molecule has 0 spiro atoms. The minimum Gasteiger partial charge on any atom is -0.456 e. The maximum atomic E-state index is 11.6. The second-order valence-corrected chi connectivity index (χ2v) is 8.88. The lowest BCUT2D eigenvalue weighted by Gasteiger charge is -2.14. The van der Waals surface area contributed by atoms with Crippen LogP contribution in [0.15, 0.2) is 35.3 Å². The van der Waals surface area contributed by atoms with Gasteiger partial charge in [-0.2, -0.15) is 13.2 Å². The minimum absolute atomic E-state index is 0.316. The lowest BCUT2D eigenvalue weighted by molar-refractivity contribution is -0.181. The topological polar surface area (TPSA) is 47.6 Å². The lowest BCUT2D eigenvalue weighted by atomic mass is 10.1. The molecule has 7 heteroatoms. The Morgan fingerprint density at radius 2 is 1.87 bits per heavy atom. The Morgan fingerprint density at radius 1 is 1.23 bits per heavy atom. The molecule has 0 radical (unpaired) electrons. The standard InChI is InChI=1S/C19H23ClN2O.C5H7F3/c1-5-14-9-15(21)10-17(20)19(14)23-16-6-7-18(13(4)8-16)22-11-12(2)3;1-4(2-3-4)5(6,7)8/h6-12H,5,21H2,1-4H3;2-3H2,1H3. The molecule has 1 saturated carbocycles. The van der Waals surface area contributed by atoms with Crippen LogP contribution < -0.4 is 10.5 Å². The number of rotatable bonds is 5. The fourth-order valence-corrected chi connectivity index (χ4v) is 2.99. The van der Waals surface area contributed by atoms with Crippen LogP contribution >= 0.6 is 11.6 Å². The summed E-state index contributed by atoms with van der Waals surface area (Å²) in [5.74, 6) is 1.83. The number of hydrogen-bond donors (Lipinski definition) is 1. The van der Waals surface area contributed by atoms with Crippen LogP contribution in [-0.2, 0) is 6.42 Å². The quantitative estimate of drug-likeness (QED) is 0.365. The van der Waals surface area contributed by atoms with Crippen molar-refractivity contribution in [2.24, 2.45) is 16.3 Å². The zero-order valence-electron chi connectivity index (χ0n) is 18.6. The Hall–Kier alpha value is -2.21. The molecular formula is C24H30ClF3N2O. The summed E-state index contributed by atoms with van der Waals surface area (Å²) in [5.41, 5.74) is 8.18. The molecule has 0 unspecified atom stereocenters. The number of nitrogens with two attached hydrogens (primary N) is 1. The Bertz CT molecular complexity index is 932. The summed E-state index contributed by atoms with van der Waals surface area (Å²) in [6.45, 7) is 9.53. The second-order valence-electron chi connectivity index (χ2n) is 8.48. The number of halogens is 4. The van der Waals surface area contributed by atoms with Gasteiger partial charge in [0.25, 0.3) is 0 Å². The number of benzene rings is 2. The highest BCUT2D eigenvalue weighted by molar-refractivity contribution is 6.32. The number of alkyl halides is 3. The molecule has 3 rings (SSSR count). The third-order valence-electron chi connectivity index (χ3n) is 5.11. The first-order chi connectivity index (χ1) is 14.4. The molecule has 0 amide bonds. The fraction of sp³-hybridized carbons (Fsp3) is 0.458. The van der Waals surface area contributed by atoms with Crippen molar-refractivity contribution in [2.75, 3.05) is 5.73 Å². The molecule has 0 atom stereocenters. The van der Waals surface area contributed by atoms with Gasteiger partial charge in [0, 0.05) is 11.9 Å². The summed E-state index contributed by atoms with van der Waals surface area (Å²) in [4.78, 5) is 4.49. The van der Waals surface area contributed by atoms with Crippen molar-refractivity contribution in [3.63, 3.8) is 0 Å². The largest absolute Gasteiger partial charge is 0.456 e. The molecule has 0 aromatic heterocycles. The lowest BCUT2D eigenvalue weighted by Crippen LogP contribution is -2.20. The molecule has 0 heterocycles. The maximum Gasteiger partial charge on any atom is 0.394 e. The van der Waals surface area contributed by atoms with E-state index in [0.717, 1.165) is 29.0 Å². The van der Waals surface area contributed by atoms with Crippen LogP contribution in [0, 0.1) is 18.3 Å². The van der Waals surface area contributed by atoms with Gasteiger partial charge in [0.15, 0.2) is 0 Å². The van der Waals surface area contributed by atoms with Crippen LogP contribution in [0.25, 0.3) is 0 Å². The van der Waals surface area contributed by atoms with Gasteiger partial charge in [0.2, 0.25) is 0 Å². The number of nitrogens with zero attached hydrogens (tertiary/aromatic N) is 1. The van der Waals surface area contributed by atoms with E-state index in [1.807, 2.05) is 44.3 Å². The van der Waals surface area contributed by atoms with Gasteiger partial charge in [-0.25, -0.2) is 0 Å². The highest BCUT2D eigenvalue weighted by Crippen LogP contribution is 2.56. The highest BCUT2D eigenvalue weighted by atomic mass is 35.5.